The van der Waals surface area contributed by atoms with E-state index < -0.39 is 0 Å². The molecule has 1 N–H and O–H groups in total. The second-order valence-corrected chi connectivity index (χ2v) is 8.07. The Morgan fingerprint density at radius 1 is 1.43 bits per heavy atom. The summed E-state index contributed by atoms with van der Waals surface area (Å²) in [4.78, 5) is 19.0. The molecule has 128 valence electrons. The predicted molar refractivity (Wildman–Crippen MR) is 94.7 cm³/mol. The van der Waals surface area contributed by atoms with E-state index in [-0.39, 0.29) is 6.03 Å². The lowest BCUT2D eigenvalue weighted by atomic mass is 9.94. The molecule has 3 atom stereocenters. The van der Waals surface area contributed by atoms with Crippen LogP contribution in [0.2, 0.25) is 0 Å². The second-order valence-electron chi connectivity index (χ2n) is 6.93. The van der Waals surface area contributed by atoms with E-state index in [1.54, 1.807) is 0 Å². The number of rotatable bonds is 4. The number of piperidine rings is 1. The van der Waals surface area contributed by atoms with E-state index in [0.717, 1.165) is 49.8 Å². The van der Waals surface area contributed by atoms with Gasteiger partial charge in [0.15, 0.2) is 0 Å². The SMILES string of the molecule is CS[C@@H]1CC[C@H](NC(=O)N2CCC[C@H](Cc3nccn3C)C2)C1. The number of nitrogens with zero attached hydrogens (tertiary/aromatic N) is 3. The molecule has 23 heavy (non-hydrogen) atoms. The maximum Gasteiger partial charge on any atom is 0.317 e. The van der Waals surface area contributed by atoms with Gasteiger partial charge in [-0.05, 0) is 44.3 Å². The fourth-order valence-electron chi connectivity index (χ4n) is 3.82. The lowest BCUT2D eigenvalue weighted by Gasteiger charge is -2.33. The summed E-state index contributed by atoms with van der Waals surface area (Å²) in [6.45, 7) is 1.75. The summed E-state index contributed by atoms with van der Waals surface area (Å²) in [6, 6.07) is 0.510. The first-order chi connectivity index (χ1) is 11.2. The van der Waals surface area contributed by atoms with E-state index in [9.17, 15) is 4.79 Å². The zero-order valence-electron chi connectivity index (χ0n) is 14.2. The molecule has 1 saturated carbocycles. The summed E-state index contributed by atoms with van der Waals surface area (Å²) in [7, 11) is 2.04. The normalized spacial score (nSPS) is 28.1. The number of carbonyl (C=O) groups is 1. The molecule has 2 heterocycles. The van der Waals surface area contributed by atoms with Crippen LogP contribution in [0.25, 0.3) is 0 Å². The molecular formula is C17H28N4OS. The first-order valence-corrected chi connectivity index (χ1v) is 9.99. The van der Waals surface area contributed by atoms with Crippen molar-refractivity contribution < 1.29 is 4.79 Å². The van der Waals surface area contributed by atoms with Crippen molar-refractivity contribution in [3.05, 3.63) is 18.2 Å². The highest BCUT2D eigenvalue weighted by atomic mass is 32.2. The Morgan fingerprint density at radius 3 is 3.00 bits per heavy atom. The molecule has 0 unspecified atom stereocenters. The lowest BCUT2D eigenvalue weighted by Crippen LogP contribution is -2.48. The summed E-state index contributed by atoms with van der Waals surface area (Å²) in [5.41, 5.74) is 0. The van der Waals surface area contributed by atoms with Crippen molar-refractivity contribution in [2.75, 3.05) is 19.3 Å². The highest BCUT2D eigenvalue weighted by molar-refractivity contribution is 7.99. The van der Waals surface area contributed by atoms with Gasteiger partial charge in [0.25, 0.3) is 0 Å². The molecule has 2 fully saturated rings. The van der Waals surface area contributed by atoms with Crippen LogP contribution in [0.4, 0.5) is 4.79 Å². The first-order valence-electron chi connectivity index (χ1n) is 8.70. The molecule has 6 heteroatoms. The monoisotopic (exact) mass is 336 g/mol. The number of carbonyl (C=O) groups excluding carboxylic acids is 1. The van der Waals surface area contributed by atoms with Gasteiger partial charge in [-0.2, -0.15) is 11.8 Å². The molecule has 1 aliphatic carbocycles. The number of nitrogens with one attached hydrogen (secondary N) is 1. The van der Waals surface area contributed by atoms with Crippen LogP contribution in [0.3, 0.4) is 0 Å². The van der Waals surface area contributed by atoms with Crippen molar-refractivity contribution in [2.45, 2.75) is 49.8 Å². The molecule has 1 saturated heterocycles. The largest absolute Gasteiger partial charge is 0.338 e. The Bertz CT molecular complexity index is 532. The average molecular weight is 337 g/mol. The van der Waals surface area contributed by atoms with E-state index in [1.165, 1.54) is 12.8 Å². The van der Waals surface area contributed by atoms with Gasteiger partial charge < -0.3 is 14.8 Å². The van der Waals surface area contributed by atoms with Crippen LogP contribution < -0.4 is 5.32 Å². The minimum absolute atomic E-state index is 0.140. The number of amides is 2. The lowest BCUT2D eigenvalue weighted by molar-refractivity contribution is 0.161. The third kappa shape index (κ3) is 4.22. The average Bonchev–Trinajstić information content (AvgIpc) is 3.17. The summed E-state index contributed by atoms with van der Waals surface area (Å²) in [5, 5.41) is 3.98. The Morgan fingerprint density at radius 2 is 2.30 bits per heavy atom. The van der Waals surface area contributed by atoms with Crippen molar-refractivity contribution in [2.24, 2.45) is 13.0 Å². The highest BCUT2D eigenvalue weighted by Gasteiger charge is 2.29. The molecule has 2 aliphatic rings. The molecule has 5 nitrogen and oxygen atoms in total. The molecular weight excluding hydrogens is 308 g/mol. The Labute approximate surface area is 143 Å². The first kappa shape index (κ1) is 16.7. The van der Waals surface area contributed by atoms with Gasteiger partial charge in [-0.25, -0.2) is 9.78 Å². The van der Waals surface area contributed by atoms with E-state index in [4.69, 9.17) is 0 Å². The molecule has 1 aliphatic heterocycles. The fraction of sp³-hybridized carbons (Fsp3) is 0.765. The number of aromatic nitrogens is 2. The van der Waals surface area contributed by atoms with Crippen LogP contribution in [0.15, 0.2) is 12.4 Å². The zero-order valence-corrected chi connectivity index (χ0v) is 15.0. The van der Waals surface area contributed by atoms with Crippen molar-refractivity contribution >= 4 is 17.8 Å². The Balaban J connectivity index is 1.50. The van der Waals surface area contributed by atoms with Crippen LogP contribution in [-0.4, -0.2) is 51.1 Å². The number of hydrogen-bond acceptors (Lipinski definition) is 3. The van der Waals surface area contributed by atoms with Gasteiger partial charge in [-0.3, -0.25) is 0 Å². The van der Waals surface area contributed by atoms with E-state index in [0.29, 0.717) is 12.0 Å². The topological polar surface area (TPSA) is 50.2 Å². The summed E-state index contributed by atoms with van der Waals surface area (Å²) < 4.78 is 2.08. The molecule has 1 aromatic heterocycles. The quantitative estimate of drug-likeness (QED) is 0.920. The van der Waals surface area contributed by atoms with E-state index in [1.807, 2.05) is 36.1 Å². The molecule has 3 rings (SSSR count). The number of hydrogen-bond donors (Lipinski definition) is 1. The minimum atomic E-state index is 0.140. The fourth-order valence-corrected chi connectivity index (χ4v) is 4.62. The van der Waals surface area contributed by atoms with Crippen molar-refractivity contribution in [1.29, 1.82) is 0 Å². The molecule has 2 amide bonds. The maximum atomic E-state index is 12.6. The minimum Gasteiger partial charge on any atom is -0.338 e. The third-order valence-corrected chi connectivity index (χ3v) is 6.34. The molecule has 0 spiro atoms. The summed E-state index contributed by atoms with van der Waals surface area (Å²) >= 11 is 1.93. The summed E-state index contributed by atoms with van der Waals surface area (Å²) in [6.07, 6.45) is 12.7. The smallest absolute Gasteiger partial charge is 0.317 e. The number of aryl methyl sites for hydroxylation is 1. The standard InChI is InChI=1S/C17H28N4OS/c1-20-9-7-18-16(20)10-13-4-3-8-21(12-13)17(22)19-14-5-6-15(11-14)23-2/h7,9,13-15H,3-6,8,10-12H2,1-2H3,(H,19,22)/t13-,14+,15-/m1/s1. The van der Waals surface area contributed by atoms with Gasteiger partial charge in [0.05, 0.1) is 0 Å². The zero-order chi connectivity index (χ0) is 16.2. The van der Waals surface area contributed by atoms with Crippen molar-refractivity contribution in [1.82, 2.24) is 19.8 Å². The van der Waals surface area contributed by atoms with Crippen LogP contribution in [-0.2, 0) is 13.5 Å². The van der Waals surface area contributed by atoms with E-state index in [2.05, 4.69) is 21.1 Å². The van der Waals surface area contributed by atoms with Gasteiger partial charge in [0.2, 0.25) is 0 Å². The molecule has 0 aromatic carbocycles. The van der Waals surface area contributed by atoms with Gasteiger partial charge >= 0.3 is 6.03 Å². The number of urea groups is 1. The van der Waals surface area contributed by atoms with Gasteiger partial charge in [-0.1, -0.05) is 0 Å². The van der Waals surface area contributed by atoms with Gasteiger partial charge in [0.1, 0.15) is 5.82 Å². The van der Waals surface area contributed by atoms with Crippen molar-refractivity contribution in [3.8, 4) is 0 Å². The maximum absolute atomic E-state index is 12.6. The van der Waals surface area contributed by atoms with Crippen LogP contribution >= 0.6 is 11.8 Å². The van der Waals surface area contributed by atoms with Gasteiger partial charge in [0, 0.05) is 50.2 Å². The highest BCUT2D eigenvalue weighted by Crippen LogP contribution is 2.28. The molecule has 0 bridgehead atoms. The number of likely N-dealkylation sites (tertiary alicyclic amines) is 1. The third-order valence-electron chi connectivity index (χ3n) is 5.24. The van der Waals surface area contributed by atoms with Crippen LogP contribution in [0.1, 0.15) is 37.9 Å². The molecule has 0 radical (unpaired) electrons. The Hall–Kier alpha value is -1.17. The number of thioether (sulfide) groups is 1. The predicted octanol–water partition coefficient (Wildman–Crippen LogP) is 2.67. The van der Waals surface area contributed by atoms with Crippen molar-refractivity contribution in [3.63, 3.8) is 0 Å². The van der Waals surface area contributed by atoms with Crippen LogP contribution in [0.5, 0.6) is 0 Å². The number of imidazole rings is 1. The second kappa shape index (κ2) is 7.60. The van der Waals surface area contributed by atoms with Crippen LogP contribution in [0, 0.1) is 5.92 Å². The Kier molecular flexibility index (Phi) is 5.51. The van der Waals surface area contributed by atoms with E-state index >= 15 is 0 Å². The summed E-state index contributed by atoms with van der Waals surface area (Å²) in [5.74, 6) is 1.65. The van der Waals surface area contributed by atoms with Gasteiger partial charge in [-0.15, -0.1) is 0 Å². The molecule has 1 aromatic rings.